The Bertz CT molecular complexity index is 1090. The molecule has 27 heavy (non-hydrogen) atoms. The highest BCUT2D eigenvalue weighted by atomic mass is 35.5. The number of benzene rings is 1. The summed E-state index contributed by atoms with van der Waals surface area (Å²) in [5, 5.41) is 2.78. The maximum atomic E-state index is 6.17. The summed E-state index contributed by atoms with van der Waals surface area (Å²) in [6.07, 6.45) is 4.08. The largest absolute Gasteiger partial charge is 0.361 e. The van der Waals surface area contributed by atoms with E-state index < -0.39 is 8.07 Å². The van der Waals surface area contributed by atoms with Crippen molar-refractivity contribution in [1.82, 2.24) is 14.5 Å². The van der Waals surface area contributed by atoms with Crippen molar-refractivity contribution in [2.24, 2.45) is 0 Å². The number of hydrogen-bond donors (Lipinski definition) is 1. The van der Waals surface area contributed by atoms with E-state index in [0.29, 0.717) is 11.9 Å². The predicted octanol–water partition coefficient (Wildman–Crippen LogP) is 6.15. The fraction of sp³-hybridized carbons (Fsp3) is 0.286. The van der Waals surface area contributed by atoms with Crippen molar-refractivity contribution in [3.05, 3.63) is 53.9 Å². The van der Waals surface area contributed by atoms with E-state index in [4.69, 9.17) is 16.3 Å². The molecule has 0 aliphatic rings. The van der Waals surface area contributed by atoms with Gasteiger partial charge in [0.2, 0.25) is 0 Å². The lowest BCUT2D eigenvalue weighted by molar-refractivity contribution is 0.0899. The Balaban J connectivity index is 1.68. The average molecular weight is 398 g/mol. The summed E-state index contributed by atoms with van der Waals surface area (Å²) in [6.45, 7) is 8.34. The number of H-pyrrole nitrogens is 1. The van der Waals surface area contributed by atoms with E-state index in [0.717, 1.165) is 40.3 Å². The third-order valence-corrected chi connectivity index (χ3v) is 6.70. The molecule has 0 radical (unpaired) electrons. The predicted molar refractivity (Wildman–Crippen MR) is 116 cm³/mol. The molecule has 0 aliphatic heterocycles. The van der Waals surface area contributed by atoms with Gasteiger partial charge in [-0.15, -0.1) is 0 Å². The molecule has 0 aliphatic carbocycles. The number of halogens is 1. The summed E-state index contributed by atoms with van der Waals surface area (Å²) in [5.41, 5.74) is 4.28. The number of aromatic nitrogens is 3. The quantitative estimate of drug-likeness (QED) is 0.241. The Morgan fingerprint density at radius 3 is 2.81 bits per heavy atom. The number of ether oxygens (including phenoxy) is 1. The number of rotatable bonds is 6. The van der Waals surface area contributed by atoms with Crippen LogP contribution in [-0.4, -0.2) is 29.2 Å². The Kier molecular flexibility index (Phi) is 4.84. The normalized spacial score (nSPS) is 12.3. The highest BCUT2D eigenvalue weighted by Crippen LogP contribution is 2.32. The molecular weight excluding hydrogens is 374 g/mol. The van der Waals surface area contributed by atoms with Crippen molar-refractivity contribution < 1.29 is 4.74 Å². The Labute approximate surface area is 165 Å². The molecule has 0 atom stereocenters. The topological polar surface area (TPSA) is 42.8 Å². The van der Waals surface area contributed by atoms with Gasteiger partial charge in [-0.25, -0.2) is 4.98 Å². The first-order chi connectivity index (χ1) is 12.9. The van der Waals surface area contributed by atoms with E-state index in [9.17, 15) is 0 Å². The van der Waals surface area contributed by atoms with Gasteiger partial charge < -0.3 is 14.3 Å². The SMILES string of the molecule is C[Si](C)(C)CCOCn1cc(-c2ccc3cc[nH]c3c2)c2ccc(Cl)nc21. The van der Waals surface area contributed by atoms with Gasteiger partial charge in [-0.2, -0.15) is 0 Å². The van der Waals surface area contributed by atoms with Crippen molar-refractivity contribution in [3.63, 3.8) is 0 Å². The number of nitrogens with one attached hydrogen (secondary N) is 1. The molecule has 6 heteroatoms. The second-order valence-corrected chi connectivity index (χ2v) is 14.2. The lowest BCUT2D eigenvalue weighted by atomic mass is 10.0. The smallest absolute Gasteiger partial charge is 0.144 e. The minimum absolute atomic E-state index is 0.485. The van der Waals surface area contributed by atoms with Crippen molar-refractivity contribution in [1.29, 1.82) is 0 Å². The summed E-state index contributed by atoms with van der Waals surface area (Å²) in [7, 11) is -1.10. The summed E-state index contributed by atoms with van der Waals surface area (Å²) >= 11 is 6.17. The number of nitrogens with zero attached hydrogens (tertiary/aromatic N) is 2. The molecule has 0 fully saturated rings. The maximum absolute atomic E-state index is 6.17. The molecule has 0 saturated heterocycles. The Hall–Kier alpha value is -2.08. The number of aromatic amines is 1. The molecule has 4 rings (SSSR count). The van der Waals surface area contributed by atoms with Crippen LogP contribution in [0.25, 0.3) is 33.1 Å². The standard InChI is InChI=1S/C21H24ClN3OSi/c1-27(2,3)11-10-26-14-25-13-18(17-6-7-20(22)24-21(17)25)16-5-4-15-8-9-23-19(15)12-16/h4-9,12-13,23H,10-11,14H2,1-3H3. The lowest BCUT2D eigenvalue weighted by Gasteiger charge is -2.15. The van der Waals surface area contributed by atoms with Crippen LogP contribution in [0.2, 0.25) is 30.8 Å². The fourth-order valence-electron chi connectivity index (χ4n) is 3.23. The zero-order chi connectivity index (χ0) is 19.0. The van der Waals surface area contributed by atoms with Gasteiger partial charge in [0, 0.05) is 43.5 Å². The van der Waals surface area contributed by atoms with Crippen molar-refractivity contribution in [2.75, 3.05) is 6.61 Å². The van der Waals surface area contributed by atoms with Gasteiger partial charge >= 0.3 is 0 Å². The number of pyridine rings is 1. The molecule has 1 aromatic carbocycles. The molecule has 4 aromatic rings. The second-order valence-electron chi connectivity index (χ2n) is 8.15. The summed E-state index contributed by atoms with van der Waals surface area (Å²) in [6, 6.07) is 13.6. The number of fused-ring (bicyclic) bond motifs is 2. The van der Waals surface area contributed by atoms with E-state index in [1.807, 2.05) is 18.3 Å². The molecular formula is C21H24ClN3OSi. The van der Waals surface area contributed by atoms with Crippen LogP contribution in [0.5, 0.6) is 0 Å². The molecule has 3 aromatic heterocycles. The van der Waals surface area contributed by atoms with Crippen molar-refractivity contribution in [2.45, 2.75) is 32.4 Å². The van der Waals surface area contributed by atoms with Crippen LogP contribution < -0.4 is 0 Å². The van der Waals surface area contributed by atoms with Gasteiger partial charge in [0.15, 0.2) is 0 Å². The molecule has 0 unspecified atom stereocenters. The van der Waals surface area contributed by atoms with Gasteiger partial charge in [0.05, 0.1) is 0 Å². The summed E-state index contributed by atoms with van der Waals surface area (Å²) < 4.78 is 8.01. The third kappa shape index (κ3) is 3.95. The zero-order valence-electron chi connectivity index (χ0n) is 15.9. The van der Waals surface area contributed by atoms with Gasteiger partial charge in [-0.1, -0.05) is 43.4 Å². The van der Waals surface area contributed by atoms with Crippen molar-refractivity contribution in [3.8, 4) is 11.1 Å². The monoisotopic (exact) mass is 397 g/mol. The second kappa shape index (κ2) is 7.15. The summed E-state index contributed by atoms with van der Waals surface area (Å²) in [5.74, 6) is 0. The lowest BCUT2D eigenvalue weighted by Crippen LogP contribution is -2.22. The van der Waals surface area contributed by atoms with Crippen LogP contribution in [0.1, 0.15) is 0 Å². The van der Waals surface area contributed by atoms with Gasteiger partial charge in [-0.05, 0) is 41.3 Å². The van der Waals surface area contributed by atoms with Crippen LogP contribution in [-0.2, 0) is 11.5 Å². The van der Waals surface area contributed by atoms with E-state index >= 15 is 0 Å². The molecule has 0 bridgehead atoms. The van der Waals surface area contributed by atoms with Crippen LogP contribution in [0.15, 0.2) is 48.8 Å². The number of hydrogen-bond acceptors (Lipinski definition) is 2. The molecule has 0 amide bonds. The Morgan fingerprint density at radius 1 is 1.15 bits per heavy atom. The van der Waals surface area contributed by atoms with E-state index in [2.05, 4.69) is 64.6 Å². The van der Waals surface area contributed by atoms with E-state index in [-0.39, 0.29) is 0 Å². The van der Waals surface area contributed by atoms with Crippen LogP contribution >= 0.6 is 11.6 Å². The molecule has 140 valence electrons. The van der Waals surface area contributed by atoms with Gasteiger partial charge in [0.25, 0.3) is 0 Å². The fourth-order valence-corrected chi connectivity index (χ4v) is 4.13. The van der Waals surface area contributed by atoms with Crippen molar-refractivity contribution >= 4 is 41.6 Å². The highest BCUT2D eigenvalue weighted by Gasteiger charge is 2.15. The summed E-state index contributed by atoms with van der Waals surface area (Å²) in [4.78, 5) is 7.84. The zero-order valence-corrected chi connectivity index (χ0v) is 17.7. The minimum atomic E-state index is -1.10. The first-order valence-electron chi connectivity index (χ1n) is 9.21. The van der Waals surface area contributed by atoms with E-state index in [1.54, 1.807) is 0 Å². The Morgan fingerprint density at radius 2 is 2.00 bits per heavy atom. The first kappa shape index (κ1) is 18.3. The molecule has 4 nitrogen and oxygen atoms in total. The third-order valence-electron chi connectivity index (χ3n) is 4.78. The van der Waals surface area contributed by atoms with Gasteiger partial charge in [0.1, 0.15) is 17.5 Å². The molecule has 0 spiro atoms. The van der Waals surface area contributed by atoms with Crippen LogP contribution in [0.4, 0.5) is 0 Å². The van der Waals surface area contributed by atoms with Crippen LogP contribution in [0.3, 0.4) is 0 Å². The molecule has 3 heterocycles. The first-order valence-corrected chi connectivity index (χ1v) is 13.3. The molecule has 1 N–H and O–H groups in total. The van der Waals surface area contributed by atoms with Gasteiger partial charge in [-0.3, -0.25) is 0 Å². The van der Waals surface area contributed by atoms with Crippen LogP contribution in [0, 0.1) is 0 Å². The maximum Gasteiger partial charge on any atom is 0.144 e. The minimum Gasteiger partial charge on any atom is -0.361 e. The highest BCUT2D eigenvalue weighted by molar-refractivity contribution is 6.76. The average Bonchev–Trinajstić information content (AvgIpc) is 3.21. The molecule has 0 saturated carbocycles. The van der Waals surface area contributed by atoms with E-state index in [1.165, 1.54) is 5.39 Å².